The van der Waals surface area contributed by atoms with Gasteiger partial charge in [0.1, 0.15) is 0 Å². The molecule has 0 fully saturated rings. The van der Waals surface area contributed by atoms with Crippen LogP contribution in [0.5, 0.6) is 0 Å². The third kappa shape index (κ3) is 5.52. The molecule has 3 N–H and O–H groups in total. The van der Waals surface area contributed by atoms with E-state index in [-0.39, 0.29) is 16.0 Å². The van der Waals surface area contributed by atoms with E-state index >= 15 is 0 Å². The number of hydrogen-bond donors (Lipinski definition) is 3. The fourth-order valence-electron chi connectivity index (χ4n) is 1.19. The van der Waals surface area contributed by atoms with Crippen LogP contribution < -0.4 is 16.2 Å². The molecule has 0 aliphatic heterocycles. The Bertz CT molecular complexity index is 559. The second-order valence-electron chi connectivity index (χ2n) is 3.82. The number of aromatic nitrogens is 3. The van der Waals surface area contributed by atoms with Crippen LogP contribution in [-0.2, 0) is 18.0 Å². The fraction of sp³-hybridized carbons (Fsp3) is 0.400. The summed E-state index contributed by atoms with van der Waals surface area (Å²) in [4.78, 5) is 11.5. The molecule has 0 aliphatic rings. The highest BCUT2D eigenvalue weighted by Crippen LogP contribution is 2.29. The lowest BCUT2D eigenvalue weighted by Crippen LogP contribution is -2.47. The molecule has 0 saturated heterocycles. The third-order valence-electron chi connectivity index (χ3n) is 2.14. The molecule has 0 aromatic carbocycles. The first-order valence-electron chi connectivity index (χ1n) is 5.78. The largest absolute Gasteiger partial charge is 0.451 e. The Morgan fingerprint density at radius 3 is 2.68 bits per heavy atom. The van der Waals surface area contributed by atoms with Crippen LogP contribution in [0.3, 0.4) is 0 Å². The summed E-state index contributed by atoms with van der Waals surface area (Å²) >= 11 is 5.66. The highest BCUT2D eigenvalue weighted by molar-refractivity contribution is 7.99. The van der Waals surface area contributed by atoms with E-state index in [9.17, 15) is 18.0 Å². The van der Waals surface area contributed by atoms with Crippen LogP contribution in [0.4, 0.5) is 13.2 Å². The van der Waals surface area contributed by atoms with Crippen LogP contribution in [0.15, 0.2) is 17.8 Å². The molecule has 1 aromatic heterocycles. The quantitative estimate of drug-likeness (QED) is 0.309. The smallest absolute Gasteiger partial charge is 0.358 e. The SMILES string of the molecule is C=CCNC(=S)NNC(=O)CSc1nnc(C(F)(F)F)n1C. The number of hydrazine groups is 1. The van der Waals surface area contributed by atoms with Gasteiger partial charge in [-0.2, -0.15) is 13.2 Å². The summed E-state index contributed by atoms with van der Waals surface area (Å²) in [5.41, 5.74) is 4.73. The van der Waals surface area contributed by atoms with E-state index in [4.69, 9.17) is 12.2 Å². The summed E-state index contributed by atoms with van der Waals surface area (Å²) in [6, 6.07) is 0. The molecule has 12 heteroatoms. The van der Waals surface area contributed by atoms with Crippen molar-refractivity contribution in [2.75, 3.05) is 12.3 Å². The molecule has 1 rings (SSSR count). The first kappa shape index (κ1) is 18.2. The predicted octanol–water partition coefficient (Wildman–Crippen LogP) is 0.607. The molecule has 0 radical (unpaired) electrons. The Labute approximate surface area is 133 Å². The molecule has 0 aliphatic carbocycles. The van der Waals surface area contributed by atoms with Crippen LogP contribution in [-0.4, -0.2) is 38.1 Å². The Morgan fingerprint density at radius 2 is 2.14 bits per heavy atom. The summed E-state index contributed by atoms with van der Waals surface area (Å²) < 4.78 is 38.3. The maximum absolute atomic E-state index is 12.5. The lowest BCUT2D eigenvalue weighted by Gasteiger charge is -2.10. The number of halogens is 3. The zero-order chi connectivity index (χ0) is 16.8. The molecule has 122 valence electrons. The van der Waals surface area contributed by atoms with Crippen molar-refractivity contribution in [2.24, 2.45) is 7.05 Å². The van der Waals surface area contributed by atoms with Gasteiger partial charge in [-0.25, -0.2) is 0 Å². The molecule has 22 heavy (non-hydrogen) atoms. The minimum absolute atomic E-state index is 0.0187. The minimum Gasteiger partial charge on any atom is -0.358 e. The van der Waals surface area contributed by atoms with Crippen molar-refractivity contribution in [3.63, 3.8) is 0 Å². The number of nitrogens with one attached hydrogen (secondary N) is 3. The molecule has 1 amide bonds. The fourth-order valence-corrected chi connectivity index (χ4v) is 2.03. The molecular formula is C10H13F3N6OS2. The number of nitrogens with zero attached hydrogens (tertiary/aromatic N) is 3. The van der Waals surface area contributed by atoms with Crippen molar-refractivity contribution < 1.29 is 18.0 Å². The van der Waals surface area contributed by atoms with Gasteiger partial charge in [-0.05, 0) is 12.2 Å². The molecule has 0 spiro atoms. The first-order valence-corrected chi connectivity index (χ1v) is 7.18. The Balaban J connectivity index is 2.43. The molecule has 1 heterocycles. The van der Waals surface area contributed by atoms with Gasteiger partial charge in [-0.1, -0.05) is 17.8 Å². The van der Waals surface area contributed by atoms with Crippen molar-refractivity contribution in [1.82, 2.24) is 30.9 Å². The topological polar surface area (TPSA) is 83.9 Å². The molecule has 0 atom stereocenters. The van der Waals surface area contributed by atoms with E-state index in [1.54, 1.807) is 6.08 Å². The number of thioether (sulfide) groups is 1. The number of thiocarbonyl (C=S) groups is 1. The van der Waals surface area contributed by atoms with E-state index < -0.39 is 17.9 Å². The lowest BCUT2D eigenvalue weighted by atomic mass is 10.6. The van der Waals surface area contributed by atoms with Crippen molar-refractivity contribution >= 4 is 35.0 Å². The van der Waals surface area contributed by atoms with Crippen LogP contribution >= 0.6 is 24.0 Å². The predicted molar refractivity (Wildman–Crippen MR) is 78.8 cm³/mol. The average Bonchev–Trinajstić information content (AvgIpc) is 2.81. The van der Waals surface area contributed by atoms with Crippen LogP contribution in [0.25, 0.3) is 0 Å². The molecule has 0 unspecified atom stereocenters. The molecular weight excluding hydrogens is 341 g/mol. The summed E-state index contributed by atoms with van der Waals surface area (Å²) in [6.45, 7) is 3.91. The number of amides is 1. The van der Waals surface area contributed by atoms with Gasteiger partial charge in [0.25, 0.3) is 0 Å². The van der Waals surface area contributed by atoms with Gasteiger partial charge in [0.2, 0.25) is 11.7 Å². The van der Waals surface area contributed by atoms with Crippen molar-refractivity contribution in [1.29, 1.82) is 0 Å². The maximum atomic E-state index is 12.5. The standard InChI is InChI=1S/C10H13F3N6OS2/c1-3-4-14-8(21)17-15-6(20)5-22-9-18-16-7(19(9)2)10(11,12)13/h3H,1,4-5H2,2H3,(H,15,20)(H2,14,17,21). The summed E-state index contributed by atoms with van der Waals surface area (Å²) in [5, 5.41) is 9.34. The van der Waals surface area contributed by atoms with Crippen molar-refractivity contribution in [2.45, 2.75) is 11.3 Å². The van der Waals surface area contributed by atoms with Crippen LogP contribution in [0.1, 0.15) is 5.82 Å². The second-order valence-corrected chi connectivity index (χ2v) is 5.17. The first-order chi connectivity index (χ1) is 10.3. The third-order valence-corrected chi connectivity index (χ3v) is 3.41. The molecule has 1 aromatic rings. The Kier molecular flexibility index (Phi) is 6.61. The van der Waals surface area contributed by atoms with Crippen LogP contribution in [0.2, 0.25) is 0 Å². The Morgan fingerprint density at radius 1 is 1.45 bits per heavy atom. The highest BCUT2D eigenvalue weighted by atomic mass is 32.2. The highest BCUT2D eigenvalue weighted by Gasteiger charge is 2.37. The normalized spacial score (nSPS) is 10.9. The van der Waals surface area contributed by atoms with E-state index in [2.05, 4.69) is 32.9 Å². The molecule has 0 saturated carbocycles. The summed E-state index contributed by atoms with van der Waals surface area (Å²) in [5.74, 6) is -1.76. The summed E-state index contributed by atoms with van der Waals surface area (Å²) in [7, 11) is 1.18. The number of rotatable bonds is 5. The molecule has 0 bridgehead atoms. The monoisotopic (exact) mass is 354 g/mol. The number of alkyl halides is 3. The minimum atomic E-state index is -4.59. The van der Waals surface area contributed by atoms with Gasteiger partial charge in [0.15, 0.2) is 10.3 Å². The van der Waals surface area contributed by atoms with Gasteiger partial charge in [-0.3, -0.25) is 15.6 Å². The average molecular weight is 354 g/mol. The van der Waals surface area contributed by atoms with Gasteiger partial charge in [0, 0.05) is 13.6 Å². The van der Waals surface area contributed by atoms with Crippen molar-refractivity contribution in [3.8, 4) is 0 Å². The van der Waals surface area contributed by atoms with Gasteiger partial charge >= 0.3 is 6.18 Å². The van der Waals surface area contributed by atoms with Gasteiger partial charge in [0.05, 0.1) is 5.75 Å². The maximum Gasteiger partial charge on any atom is 0.451 e. The molecule has 7 nitrogen and oxygen atoms in total. The lowest BCUT2D eigenvalue weighted by molar-refractivity contribution is -0.147. The number of carbonyl (C=O) groups is 1. The van der Waals surface area contributed by atoms with E-state index in [0.717, 1.165) is 16.3 Å². The van der Waals surface area contributed by atoms with Crippen molar-refractivity contribution in [3.05, 3.63) is 18.5 Å². The second kappa shape index (κ2) is 7.98. The number of hydrogen-bond acceptors (Lipinski definition) is 5. The van der Waals surface area contributed by atoms with E-state index in [1.165, 1.54) is 7.05 Å². The zero-order valence-electron chi connectivity index (χ0n) is 11.4. The van der Waals surface area contributed by atoms with Gasteiger partial charge < -0.3 is 9.88 Å². The van der Waals surface area contributed by atoms with E-state index in [0.29, 0.717) is 6.54 Å². The number of carbonyl (C=O) groups excluding carboxylic acids is 1. The Hall–Kier alpha value is -1.82. The summed E-state index contributed by atoms with van der Waals surface area (Å²) in [6.07, 6.45) is -3.01. The van der Waals surface area contributed by atoms with Gasteiger partial charge in [-0.15, -0.1) is 16.8 Å². The van der Waals surface area contributed by atoms with Crippen LogP contribution in [0, 0.1) is 0 Å². The van der Waals surface area contributed by atoms with E-state index in [1.807, 2.05) is 0 Å². The zero-order valence-corrected chi connectivity index (χ0v) is 13.0.